The minimum atomic E-state index is 0.144. The molecule has 4 aliphatic rings. The van der Waals surface area contributed by atoms with Crippen LogP contribution in [0.4, 0.5) is 0 Å². The maximum Gasteiger partial charge on any atom is 0.133 e. The predicted octanol–water partition coefficient (Wildman–Crippen LogP) is 4.25. The van der Waals surface area contributed by atoms with Gasteiger partial charge in [-0.15, -0.1) is 0 Å². The number of rotatable bonds is 1. The third-order valence-electron chi connectivity index (χ3n) is 7.95. The Kier molecular flexibility index (Phi) is 3.31. The molecule has 6 atom stereocenters. The molecule has 0 spiro atoms. The fourth-order valence-corrected chi connectivity index (χ4v) is 6.75. The van der Waals surface area contributed by atoms with Crippen LogP contribution >= 0.6 is 0 Å². The zero-order valence-corrected chi connectivity index (χ0v) is 15.0. The second kappa shape index (κ2) is 4.94. The van der Waals surface area contributed by atoms with Crippen LogP contribution in [-0.2, 0) is 4.79 Å². The number of nitrogens with zero attached hydrogens (tertiary/aromatic N) is 2. The number of Topliss-reactive ketones (excluding diaryl/α,β-unsaturated/α-hetero) is 1. The Morgan fingerprint density at radius 2 is 2.00 bits per heavy atom. The van der Waals surface area contributed by atoms with Gasteiger partial charge in [-0.25, -0.2) is 0 Å². The number of hydrogen-bond donors (Lipinski definition) is 0. The molecule has 0 amide bonds. The summed E-state index contributed by atoms with van der Waals surface area (Å²) in [5.41, 5.74) is 1.78. The number of allylic oxidation sites excluding steroid dienone is 1. The molecule has 4 rings (SSSR count). The summed E-state index contributed by atoms with van der Waals surface area (Å²) < 4.78 is 0. The Bertz CT molecular complexity index is 594. The zero-order chi connectivity index (χ0) is 16.4. The molecule has 3 heteroatoms. The van der Waals surface area contributed by atoms with Crippen molar-refractivity contribution in [1.29, 1.82) is 0 Å². The van der Waals surface area contributed by atoms with Crippen molar-refractivity contribution in [3.05, 3.63) is 12.3 Å². The first-order valence-electron chi connectivity index (χ1n) is 9.37. The van der Waals surface area contributed by atoms with Crippen molar-refractivity contribution in [2.45, 2.75) is 59.3 Å². The smallest absolute Gasteiger partial charge is 0.133 e. The molecule has 0 bridgehead atoms. The number of fused-ring (bicyclic) bond motifs is 5. The van der Waals surface area contributed by atoms with E-state index in [0.717, 1.165) is 24.7 Å². The van der Waals surface area contributed by atoms with Crippen molar-refractivity contribution in [1.82, 2.24) is 5.01 Å². The minimum Gasteiger partial charge on any atom is -0.300 e. The van der Waals surface area contributed by atoms with Crippen LogP contribution in [0.25, 0.3) is 0 Å². The van der Waals surface area contributed by atoms with Crippen LogP contribution in [0, 0.1) is 34.5 Å². The van der Waals surface area contributed by atoms with Gasteiger partial charge in [0.15, 0.2) is 0 Å². The van der Waals surface area contributed by atoms with Gasteiger partial charge in [0, 0.05) is 30.3 Å². The van der Waals surface area contributed by atoms with Crippen molar-refractivity contribution < 1.29 is 4.79 Å². The number of hydrogen-bond acceptors (Lipinski definition) is 3. The summed E-state index contributed by atoms with van der Waals surface area (Å²) in [6.07, 6.45) is 11.8. The van der Waals surface area contributed by atoms with E-state index < -0.39 is 0 Å². The Hall–Kier alpha value is -1.12. The van der Waals surface area contributed by atoms with E-state index in [-0.39, 0.29) is 10.8 Å². The molecule has 126 valence electrons. The summed E-state index contributed by atoms with van der Waals surface area (Å²) in [5.74, 6) is 2.96. The molecule has 1 heterocycles. The highest BCUT2D eigenvalue weighted by Gasteiger charge is 2.59. The molecule has 23 heavy (non-hydrogen) atoms. The fourth-order valence-electron chi connectivity index (χ4n) is 6.75. The molecule has 0 radical (unpaired) electrons. The summed E-state index contributed by atoms with van der Waals surface area (Å²) in [4.78, 5) is 12.2. The van der Waals surface area contributed by atoms with Gasteiger partial charge in [-0.05, 0) is 68.6 Å². The third kappa shape index (κ3) is 2.01. The maximum absolute atomic E-state index is 12.2. The second-order valence-electron chi connectivity index (χ2n) is 8.92. The Balaban J connectivity index is 1.67. The van der Waals surface area contributed by atoms with Gasteiger partial charge >= 0.3 is 0 Å². The largest absolute Gasteiger partial charge is 0.300 e. The van der Waals surface area contributed by atoms with Crippen LogP contribution in [0.2, 0.25) is 0 Å². The number of carbonyl (C=O) groups excluding carboxylic acids is 1. The molecule has 3 saturated carbocycles. The molecule has 0 unspecified atom stereocenters. The van der Waals surface area contributed by atoms with Gasteiger partial charge in [0.05, 0.1) is 0 Å². The van der Waals surface area contributed by atoms with Crippen LogP contribution in [0.1, 0.15) is 59.3 Å². The summed E-state index contributed by atoms with van der Waals surface area (Å²) in [7, 11) is 2.03. The van der Waals surface area contributed by atoms with Crippen molar-refractivity contribution >= 4 is 11.5 Å². The first kappa shape index (κ1) is 15.4. The van der Waals surface area contributed by atoms with Crippen molar-refractivity contribution in [3.8, 4) is 0 Å². The Morgan fingerprint density at radius 1 is 1.22 bits per heavy atom. The highest BCUT2D eigenvalue weighted by molar-refractivity contribution is 5.93. The molecule has 0 aromatic carbocycles. The molecule has 0 aromatic rings. The van der Waals surface area contributed by atoms with E-state index in [2.05, 4.69) is 26.1 Å². The van der Waals surface area contributed by atoms with E-state index in [4.69, 9.17) is 5.10 Å². The highest BCUT2D eigenvalue weighted by atomic mass is 16.1. The van der Waals surface area contributed by atoms with Gasteiger partial charge in [-0.3, -0.25) is 9.80 Å². The molecule has 0 saturated heterocycles. The standard InChI is InChI=1S/C20H30N2O/c1-13(23)15-6-7-16-14-5-8-18-20(3,11-12-22(4)21-18)17(14)9-10-19(15,16)2/h11-12,14-17H,5-10H2,1-4H3/t14-,15+,16-,17-,19+,20+/m0/s1. The molecule has 0 N–H and O–H groups in total. The highest BCUT2D eigenvalue weighted by Crippen LogP contribution is 2.64. The molecular weight excluding hydrogens is 284 g/mol. The van der Waals surface area contributed by atoms with Crippen molar-refractivity contribution in [2.24, 2.45) is 39.6 Å². The van der Waals surface area contributed by atoms with Gasteiger partial charge in [0.1, 0.15) is 5.78 Å². The van der Waals surface area contributed by atoms with Crippen LogP contribution < -0.4 is 0 Å². The van der Waals surface area contributed by atoms with E-state index in [1.54, 1.807) is 0 Å². The van der Waals surface area contributed by atoms with E-state index >= 15 is 0 Å². The lowest BCUT2D eigenvalue weighted by atomic mass is 9.48. The van der Waals surface area contributed by atoms with Gasteiger partial charge in [-0.2, -0.15) is 5.10 Å². The second-order valence-corrected chi connectivity index (χ2v) is 8.92. The molecular formula is C20H30N2O. The average Bonchev–Trinajstić information content (AvgIpc) is 2.85. The fraction of sp³-hybridized carbons (Fsp3) is 0.800. The van der Waals surface area contributed by atoms with E-state index in [0.29, 0.717) is 17.6 Å². The van der Waals surface area contributed by atoms with E-state index in [1.807, 2.05) is 19.0 Å². The van der Waals surface area contributed by atoms with Gasteiger partial charge in [-0.1, -0.05) is 19.9 Å². The summed E-state index contributed by atoms with van der Waals surface area (Å²) in [6, 6.07) is 0. The lowest BCUT2D eigenvalue weighted by Crippen LogP contribution is -2.53. The quantitative estimate of drug-likeness (QED) is 0.725. The predicted molar refractivity (Wildman–Crippen MR) is 92.9 cm³/mol. The third-order valence-corrected chi connectivity index (χ3v) is 7.95. The number of carbonyl (C=O) groups is 1. The van der Waals surface area contributed by atoms with Gasteiger partial charge in [0.25, 0.3) is 0 Å². The van der Waals surface area contributed by atoms with Crippen LogP contribution in [-0.4, -0.2) is 23.6 Å². The monoisotopic (exact) mass is 314 g/mol. The topological polar surface area (TPSA) is 32.7 Å². The molecule has 1 aliphatic heterocycles. The number of ketones is 1. The lowest BCUT2D eigenvalue weighted by Gasteiger charge is -2.56. The Labute approximate surface area is 140 Å². The first-order valence-corrected chi connectivity index (χ1v) is 9.37. The molecule has 3 fully saturated rings. The zero-order valence-electron chi connectivity index (χ0n) is 15.0. The van der Waals surface area contributed by atoms with Crippen LogP contribution in [0.15, 0.2) is 17.4 Å². The molecule has 3 nitrogen and oxygen atoms in total. The summed E-state index contributed by atoms with van der Waals surface area (Å²) in [6.45, 7) is 6.65. The lowest BCUT2D eigenvalue weighted by molar-refractivity contribution is -0.126. The minimum absolute atomic E-state index is 0.144. The molecule has 0 aromatic heterocycles. The average molecular weight is 314 g/mol. The first-order chi connectivity index (χ1) is 10.9. The normalized spacial score (nSPS) is 48.3. The Morgan fingerprint density at radius 3 is 2.74 bits per heavy atom. The summed E-state index contributed by atoms with van der Waals surface area (Å²) in [5, 5.41) is 6.79. The number of hydrazone groups is 1. The van der Waals surface area contributed by atoms with Gasteiger partial charge in [0.2, 0.25) is 0 Å². The van der Waals surface area contributed by atoms with E-state index in [1.165, 1.54) is 31.4 Å². The SMILES string of the molecule is CC(=O)[C@H]1CC[C@H]2[C@@H]3CCC4=NN(C)C=C[C@]4(C)[C@H]3CC[C@]12C. The molecule has 3 aliphatic carbocycles. The van der Waals surface area contributed by atoms with Crippen molar-refractivity contribution in [2.75, 3.05) is 7.05 Å². The van der Waals surface area contributed by atoms with E-state index in [9.17, 15) is 4.79 Å². The van der Waals surface area contributed by atoms with Crippen LogP contribution in [0.5, 0.6) is 0 Å². The summed E-state index contributed by atoms with van der Waals surface area (Å²) >= 11 is 0. The van der Waals surface area contributed by atoms with Gasteiger partial charge < -0.3 is 0 Å². The maximum atomic E-state index is 12.2. The van der Waals surface area contributed by atoms with Crippen LogP contribution in [0.3, 0.4) is 0 Å². The van der Waals surface area contributed by atoms with Crippen molar-refractivity contribution in [3.63, 3.8) is 0 Å².